The zero-order chi connectivity index (χ0) is 8.55. The predicted molar refractivity (Wildman–Crippen MR) is 44.9 cm³/mol. The van der Waals surface area contributed by atoms with Crippen molar-refractivity contribution in [3.63, 3.8) is 0 Å². The Morgan fingerprint density at radius 1 is 1.42 bits per heavy atom. The standard InChI is InChI=1S/C10H10O2/c1-2-9-7-5-3-4-6-8(7)10(11)12-9/h3-6,9H,2H2,1H3/t9-/m0/s1. The summed E-state index contributed by atoms with van der Waals surface area (Å²) in [5.74, 6) is -0.183. The van der Waals surface area contributed by atoms with Gasteiger partial charge in [-0.1, -0.05) is 25.1 Å². The van der Waals surface area contributed by atoms with Crippen LogP contribution >= 0.6 is 0 Å². The summed E-state index contributed by atoms with van der Waals surface area (Å²) in [6.07, 6.45) is 0.830. The molecule has 62 valence electrons. The summed E-state index contributed by atoms with van der Waals surface area (Å²) in [5, 5.41) is 0. The van der Waals surface area contributed by atoms with Crippen molar-refractivity contribution in [3.8, 4) is 0 Å². The highest BCUT2D eigenvalue weighted by Crippen LogP contribution is 2.32. The van der Waals surface area contributed by atoms with Crippen LogP contribution in [-0.2, 0) is 4.74 Å². The topological polar surface area (TPSA) is 26.3 Å². The second-order valence-corrected chi connectivity index (χ2v) is 2.89. The number of esters is 1. The van der Waals surface area contributed by atoms with Crippen LogP contribution in [0.4, 0.5) is 0 Å². The molecule has 0 amide bonds. The molecule has 1 aliphatic heterocycles. The Bertz CT molecular complexity index is 317. The van der Waals surface area contributed by atoms with Crippen LogP contribution in [0.3, 0.4) is 0 Å². The Balaban J connectivity index is 2.50. The van der Waals surface area contributed by atoms with E-state index >= 15 is 0 Å². The Kier molecular flexibility index (Phi) is 1.61. The highest BCUT2D eigenvalue weighted by Gasteiger charge is 2.28. The zero-order valence-corrected chi connectivity index (χ0v) is 6.91. The maximum atomic E-state index is 11.2. The molecule has 0 aromatic heterocycles. The second-order valence-electron chi connectivity index (χ2n) is 2.89. The number of rotatable bonds is 1. The summed E-state index contributed by atoms with van der Waals surface area (Å²) in [6.45, 7) is 2.01. The number of hydrogen-bond acceptors (Lipinski definition) is 2. The first-order chi connectivity index (χ1) is 5.83. The average Bonchev–Trinajstić information content (AvgIpc) is 2.44. The molecule has 0 N–H and O–H groups in total. The molecule has 1 heterocycles. The van der Waals surface area contributed by atoms with Gasteiger partial charge in [-0.25, -0.2) is 4.79 Å². The van der Waals surface area contributed by atoms with Crippen LogP contribution in [-0.4, -0.2) is 5.97 Å². The lowest BCUT2D eigenvalue weighted by Gasteiger charge is -2.05. The van der Waals surface area contributed by atoms with Crippen molar-refractivity contribution in [1.29, 1.82) is 0 Å². The molecule has 0 bridgehead atoms. The predicted octanol–water partition coefficient (Wildman–Crippen LogP) is 2.31. The SMILES string of the molecule is CC[C@@H]1OC(=O)c2ccccc21. The molecular formula is C10H10O2. The Morgan fingerprint density at radius 3 is 2.92 bits per heavy atom. The van der Waals surface area contributed by atoms with E-state index in [0.29, 0.717) is 0 Å². The molecule has 0 unspecified atom stereocenters. The minimum Gasteiger partial charge on any atom is -0.454 e. The molecule has 0 saturated carbocycles. The maximum absolute atomic E-state index is 11.2. The molecule has 0 aliphatic carbocycles. The van der Waals surface area contributed by atoms with Crippen molar-refractivity contribution >= 4 is 5.97 Å². The van der Waals surface area contributed by atoms with Crippen LogP contribution in [0, 0.1) is 0 Å². The van der Waals surface area contributed by atoms with Crippen LogP contribution < -0.4 is 0 Å². The first-order valence-corrected chi connectivity index (χ1v) is 4.13. The second kappa shape index (κ2) is 2.63. The molecule has 2 nitrogen and oxygen atoms in total. The first-order valence-electron chi connectivity index (χ1n) is 4.13. The van der Waals surface area contributed by atoms with Crippen LogP contribution in [0.2, 0.25) is 0 Å². The third-order valence-electron chi connectivity index (χ3n) is 2.15. The van der Waals surface area contributed by atoms with Gasteiger partial charge in [-0.15, -0.1) is 0 Å². The number of cyclic esters (lactones) is 1. The molecule has 12 heavy (non-hydrogen) atoms. The summed E-state index contributed by atoms with van der Waals surface area (Å²) in [7, 11) is 0. The van der Waals surface area contributed by atoms with Gasteiger partial charge in [-0.3, -0.25) is 0 Å². The van der Waals surface area contributed by atoms with E-state index in [1.165, 1.54) is 0 Å². The molecule has 2 heteroatoms. The van der Waals surface area contributed by atoms with E-state index in [0.717, 1.165) is 17.5 Å². The lowest BCUT2D eigenvalue weighted by atomic mass is 10.0. The minimum absolute atomic E-state index is 0.0197. The first kappa shape index (κ1) is 7.35. The van der Waals surface area contributed by atoms with E-state index in [2.05, 4.69) is 0 Å². The van der Waals surface area contributed by atoms with E-state index in [1.54, 1.807) is 0 Å². The van der Waals surface area contributed by atoms with Gasteiger partial charge in [0.05, 0.1) is 5.56 Å². The van der Waals surface area contributed by atoms with Crippen LogP contribution in [0.1, 0.15) is 35.4 Å². The third-order valence-corrected chi connectivity index (χ3v) is 2.15. The molecule has 0 saturated heterocycles. The van der Waals surface area contributed by atoms with E-state index in [1.807, 2.05) is 31.2 Å². The fourth-order valence-electron chi connectivity index (χ4n) is 1.52. The molecule has 0 radical (unpaired) electrons. The van der Waals surface area contributed by atoms with Crippen molar-refractivity contribution in [3.05, 3.63) is 35.4 Å². The fourth-order valence-corrected chi connectivity index (χ4v) is 1.52. The van der Waals surface area contributed by atoms with Gasteiger partial charge in [0.25, 0.3) is 0 Å². The molecule has 1 aromatic rings. The largest absolute Gasteiger partial charge is 0.454 e. The van der Waals surface area contributed by atoms with Gasteiger partial charge in [0, 0.05) is 5.56 Å². The van der Waals surface area contributed by atoms with Crippen LogP contribution in [0.5, 0.6) is 0 Å². The highest BCUT2D eigenvalue weighted by molar-refractivity contribution is 5.93. The van der Waals surface area contributed by atoms with Gasteiger partial charge in [-0.05, 0) is 12.5 Å². The smallest absolute Gasteiger partial charge is 0.339 e. The van der Waals surface area contributed by atoms with Crippen molar-refractivity contribution in [1.82, 2.24) is 0 Å². The summed E-state index contributed by atoms with van der Waals surface area (Å²) in [5.41, 5.74) is 1.76. The van der Waals surface area contributed by atoms with Crippen molar-refractivity contribution < 1.29 is 9.53 Å². The monoisotopic (exact) mass is 162 g/mol. The van der Waals surface area contributed by atoms with E-state index < -0.39 is 0 Å². The van der Waals surface area contributed by atoms with Gasteiger partial charge in [0.2, 0.25) is 0 Å². The van der Waals surface area contributed by atoms with Gasteiger partial charge >= 0.3 is 5.97 Å². The molecule has 1 aliphatic rings. The molecular weight excluding hydrogens is 152 g/mol. The molecule has 0 fully saturated rings. The zero-order valence-electron chi connectivity index (χ0n) is 6.91. The van der Waals surface area contributed by atoms with Crippen molar-refractivity contribution in [2.24, 2.45) is 0 Å². The minimum atomic E-state index is -0.183. The summed E-state index contributed by atoms with van der Waals surface area (Å²) < 4.78 is 5.14. The van der Waals surface area contributed by atoms with Gasteiger partial charge in [0.15, 0.2) is 0 Å². The summed E-state index contributed by atoms with van der Waals surface area (Å²) >= 11 is 0. The van der Waals surface area contributed by atoms with E-state index in [9.17, 15) is 4.79 Å². The maximum Gasteiger partial charge on any atom is 0.339 e. The average molecular weight is 162 g/mol. The van der Waals surface area contributed by atoms with Gasteiger partial charge < -0.3 is 4.74 Å². The number of fused-ring (bicyclic) bond motifs is 1. The van der Waals surface area contributed by atoms with E-state index in [4.69, 9.17) is 4.74 Å². The van der Waals surface area contributed by atoms with Gasteiger partial charge in [-0.2, -0.15) is 0 Å². The Morgan fingerprint density at radius 2 is 2.17 bits per heavy atom. The van der Waals surface area contributed by atoms with Crippen molar-refractivity contribution in [2.75, 3.05) is 0 Å². The number of carbonyl (C=O) groups is 1. The lowest BCUT2D eigenvalue weighted by molar-refractivity contribution is 0.0378. The molecule has 2 rings (SSSR count). The third kappa shape index (κ3) is 0.916. The molecule has 1 atom stereocenters. The summed E-state index contributed by atoms with van der Waals surface area (Å²) in [4.78, 5) is 11.2. The summed E-state index contributed by atoms with van der Waals surface area (Å²) in [6, 6.07) is 7.56. The van der Waals surface area contributed by atoms with Crippen LogP contribution in [0.25, 0.3) is 0 Å². The molecule has 1 aromatic carbocycles. The number of ether oxygens (including phenoxy) is 1. The number of benzene rings is 1. The molecule has 0 spiro atoms. The number of hydrogen-bond donors (Lipinski definition) is 0. The van der Waals surface area contributed by atoms with E-state index in [-0.39, 0.29) is 12.1 Å². The lowest BCUT2D eigenvalue weighted by Crippen LogP contribution is -1.96. The normalized spacial score (nSPS) is 20.4. The Labute approximate surface area is 71.2 Å². The number of carbonyl (C=O) groups excluding carboxylic acids is 1. The fraction of sp³-hybridized carbons (Fsp3) is 0.300. The van der Waals surface area contributed by atoms with Crippen molar-refractivity contribution in [2.45, 2.75) is 19.4 Å². The quantitative estimate of drug-likeness (QED) is 0.592. The van der Waals surface area contributed by atoms with Gasteiger partial charge in [0.1, 0.15) is 6.10 Å². The Hall–Kier alpha value is -1.31. The van der Waals surface area contributed by atoms with Crippen LogP contribution in [0.15, 0.2) is 24.3 Å². The highest BCUT2D eigenvalue weighted by atomic mass is 16.5.